The minimum atomic E-state index is -0.432. The van der Waals surface area contributed by atoms with E-state index in [4.69, 9.17) is 22.7 Å². The molecule has 0 amide bonds. The van der Waals surface area contributed by atoms with Crippen molar-refractivity contribution in [2.45, 2.75) is 33.2 Å². The van der Waals surface area contributed by atoms with Crippen molar-refractivity contribution >= 4 is 23.2 Å². The maximum atomic E-state index is 12.1. The van der Waals surface area contributed by atoms with Crippen LogP contribution in [0.15, 0.2) is 16.9 Å². The molecule has 0 radical (unpaired) electrons. The number of esters is 1. The number of unbranched alkanes of at least 4 members (excludes halogenated alkanes) is 1. The molecule has 1 aromatic rings. The first-order chi connectivity index (χ1) is 8.97. The first kappa shape index (κ1) is 15.4. The second-order valence-corrected chi connectivity index (χ2v) is 4.66. The van der Waals surface area contributed by atoms with Crippen LogP contribution in [-0.2, 0) is 16.1 Å². The lowest BCUT2D eigenvalue weighted by Crippen LogP contribution is -2.32. The van der Waals surface area contributed by atoms with Crippen molar-refractivity contribution in [2.24, 2.45) is 5.73 Å². The topological polar surface area (TPSA) is 74.3 Å². The van der Waals surface area contributed by atoms with Crippen molar-refractivity contribution in [2.75, 3.05) is 6.61 Å². The summed E-state index contributed by atoms with van der Waals surface area (Å²) in [5, 5.41) is 0. The summed E-state index contributed by atoms with van der Waals surface area (Å²) in [7, 11) is 0. The highest BCUT2D eigenvalue weighted by Crippen LogP contribution is 2.00. The van der Waals surface area contributed by atoms with E-state index in [1.165, 1.54) is 4.57 Å². The van der Waals surface area contributed by atoms with Crippen molar-refractivity contribution in [3.05, 3.63) is 33.7 Å². The third-order valence-corrected chi connectivity index (χ3v) is 2.93. The number of ether oxygens (including phenoxy) is 1. The number of aryl methyl sites for hydroxylation is 1. The molecule has 0 fully saturated rings. The largest absolute Gasteiger partial charge is 0.464 e. The van der Waals surface area contributed by atoms with Gasteiger partial charge in [-0.3, -0.25) is 9.59 Å². The molecule has 5 nitrogen and oxygen atoms in total. The minimum Gasteiger partial charge on any atom is -0.464 e. The molecular formula is C13H18N2O3S. The Kier molecular flexibility index (Phi) is 5.69. The summed E-state index contributed by atoms with van der Waals surface area (Å²) in [4.78, 5) is 23.7. The van der Waals surface area contributed by atoms with E-state index < -0.39 is 5.97 Å². The summed E-state index contributed by atoms with van der Waals surface area (Å²) < 4.78 is 6.36. The number of carbonyl (C=O) groups excluding carboxylic acids is 1. The molecule has 104 valence electrons. The summed E-state index contributed by atoms with van der Waals surface area (Å²) in [6, 6.07) is 3.27. The number of carbonyl (C=O) groups is 1. The highest BCUT2D eigenvalue weighted by atomic mass is 32.1. The second kappa shape index (κ2) is 7.04. The lowest BCUT2D eigenvalue weighted by atomic mass is 10.2. The van der Waals surface area contributed by atoms with Crippen LogP contribution in [0.3, 0.4) is 0 Å². The smallest absolute Gasteiger partial charge is 0.326 e. The number of aromatic nitrogens is 1. The fourth-order valence-electron chi connectivity index (χ4n) is 1.56. The molecule has 0 unspecified atom stereocenters. The molecule has 1 aromatic heterocycles. The number of pyridine rings is 1. The van der Waals surface area contributed by atoms with E-state index >= 15 is 0 Å². The quantitative estimate of drug-likeness (QED) is 0.481. The molecule has 0 aliphatic rings. The average Bonchev–Trinajstić information content (AvgIpc) is 2.34. The lowest BCUT2D eigenvalue weighted by Gasteiger charge is -2.11. The molecule has 0 spiro atoms. The highest BCUT2D eigenvalue weighted by molar-refractivity contribution is 7.80. The Hall–Kier alpha value is -1.69. The normalized spacial score (nSPS) is 10.2. The molecule has 2 N–H and O–H groups in total. The Bertz CT molecular complexity index is 537. The zero-order valence-electron chi connectivity index (χ0n) is 11.1. The number of hydrogen-bond donors (Lipinski definition) is 1. The number of rotatable bonds is 6. The molecule has 1 heterocycles. The van der Waals surface area contributed by atoms with Crippen LogP contribution >= 0.6 is 12.2 Å². The van der Waals surface area contributed by atoms with Crippen LogP contribution in [0.2, 0.25) is 0 Å². The van der Waals surface area contributed by atoms with E-state index in [1.807, 2.05) is 6.92 Å². The molecule has 0 aliphatic heterocycles. The van der Waals surface area contributed by atoms with Crippen molar-refractivity contribution in [3.8, 4) is 0 Å². The first-order valence-electron chi connectivity index (χ1n) is 6.13. The third-order valence-electron chi connectivity index (χ3n) is 2.71. The molecule has 0 aliphatic carbocycles. The summed E-state index contributed by atoms with van der Waals surface area (Å²) in [6.45, 7) is 4.00. The van der Waals surface area contributed by atoms with E-state index in [9.17, 15) is 9.59 Å². The number of nitrogens with zero attached hydrogens (tertiary/aromatic N) is 1. The maximum absolute atomic E-state index is 12.1. The zero-order valence-corrected chi connectivity index (χ0v) is 12.0. The van der Waals surface area contributed by atoms with Gasteiger partial charge in [-0.1, -0.05) is 25.6 Å². The molecule has 6 heteroatoms. The molecular weight excluding hydrogens is 264 g/mol. The molecule has 0 saturated heterocycles. The number of hydrogen-bond acceptors (Lipinski definition) is 4. The van der Waals surface area contributed by atoms with Crippen LogP contribution in [0.5, 0.6) is 0 Å². The Labute approximate surface area is 117 Å². The minimum absolute atomic E-state index is 0.0260. The van der Waals surface area contributed by atoms with E-state index in [0.717, 1.165) is 12.8 Å². The van der Waals surface area contributed by atoms with Crippen molar-refractivity contribution in [1.29, 1.82) is 0 Å². The van der Waals surface area contributed by atoms with E-state index in [1.54, 1.807) is 19.1 Å². The van der Waals surface area contributed by atoms with Crippen LogP contribution in [0.1, 0.15) is 31.0 Å². The standard InChI is InChI=1S/C13H18N2O3S/c1-3-4-7-18-11(16)8-15-9(2)5-6-10(12(14)19)13(15)17/h5-6H,3-4,7-8H2,1-2H3,(H2,14,19). The summed E-state index contributed by atoms with van der Waals surface area (Å²) in [5.74, 6) is -0.432. The lowest BCUT2D eigenvalue weighted by molar-refractivity contribution is -0.144. The molecule has 19 heavy (non-hydrogen) atoms. The van der Waals surface area contributed by atoms with Crippen LogP contribution < -0.4 is 11.3 Å². The Morgan fingerprint density at radius 2 is 2.16 bits per heavy atom. The Balaban J connectivity index is 2.89. The van der Waals surface area contributed by atoms with Gasteiger partial charge < -0.3 is 15.0 Å². The van der Waals surface area contributed by atoms with Crippen molar-refractivity contribution in [1.82, 2.24) is 4.57 Å². The van der Waals surface area contributed by atoms with Gasteiger partial charge in [0.2, 0.25) is 0 Å². The van der Waals surface area contributed by atoms with Gasteiger partial charge in [0.15, 0.2) is 0 Å². The predicted octanol–water partition coefficient (Wildman–Crippen LogP) is 1.13. The summed E-state index contributed by atoms with van der Waals surface area (Å²) >= 11 is 4.80. The maximum Gasteiger partial charge on any atom is 0.326 e. The molecule has 1 rings (SSSR count). The van der Waals surface area contributed by atoms with Crippen molar-refractivity contribution < 1.29 is 9.53 Å². The van der Waals surface area contributed by atoms with Crippen LogP contribution in [0.25, 0.3) is 0 Å². The second-order valence-electron chi connectivity index (χ2n) is 4.22. The van der Waals surface area contributed by atoms with Gasteiger partial charge in [-0.2, -0.15) is 0 Å². The van der Waals surface area contributed by atoms with Gasteiger partial charge in [-0.15, -0.1) is 0 Å². The van der Waals surface area contributed by atoms with E-state index in [2.05, 4.69) is 0 Å². The van der Waals surface area contributed by atoms with Crippen LogP contribution in [0, 0.1) is 6.92 Å². The SMILES string of the molecule is CCCCOC(=O)Cn1c(C)ccc(C(N)=S)c1=O. The van der Waals surface area contributed by atoms with Gasteiger partial charge in [-0.05, 0) is 25.5 Å². The molecule has 0 atom stereocenters. The fraction of sp³-hybridized carbons (Fsp3) is 0.462. The molecule has 0 aromatic carbocycles. The first-order valence-corrected chi connectivity index (χ1v) is 6.54. The fourth-order valence-corrected chi connectivity index (χ4v) is 1.72. The predicted molar refractivity (Wildman–Crippen MR) is 77.2 cm³/mol. The zero-order chi connectivity index (χ0) is 14.4. The molecule has 0 bridgehead atoms. The monoisotopic (exact) mass is 282 g/mol. The van der Waals surface area contributed by atoms with Crippen LogP contribution in [-0.4, -0.2) is 22.1 Å². The Morgan fingerprint density at radius 1 is 1.47 bits per heavy atom. The Morgan fingerprint density at radius 3 is 2.74 bits per heavy atom. The van der Waals surface area contributed by atoms with Gasteiger partial charge in [0.05, 0.1) is 12.2 Å². The van der Waals surface area contributed by atoms with E-state index in [-0.39, 0.29) is 22.7 Å². The van der Waals surface area contributed by atoms with Gasteiger partial charge in [0.25, 0.3) is 5.56 Å². The van der Waals surface area contributed by atoms with Gasteiger partial charge in [0.1, 0.15) is 11.5 Å². The summed E-state index contributed by atoms with van der Waals surface area (Å²) in [5.41, 5.74) is 6.01. The summed E-state index contributed by atoms with van der Waals surface area (Å²) in [6.07, 6.45) is 1.76. The average molecular weight is 282 g/mol. The van der Waals surface area contributed by atoms with Gasteiger partial charge in [-0.25, -0.2) is 0 Å². The van der Waals surface area contributed by atoms with Crippen molar-refractivity contribution in [3.63, 3.8) is 0 Å². The van der Waals surface area contributed by atoms with Gasteiger partial charge in [0, 0.05) is 5.69 Å². The molecule has 0 saturated carbocycles. The third kappa shape index (κ3) is 4.17. The number of nitrogens with two attached hydrogens (primary N) is 1. The van der Waals surface area contributed by atoms with Gasteiger partial charge >= 0.3 is 5.97 Å². The van der Waals surface area contributed by atoms with Crippen LogP contribution in [0.4, 0.5) is 0 Å². The highest BCUT2D eigenvalue weighted by Gasteiger charge is 2.12. The number of thiocarbonyl (C=S) groups is 1. The van der Waals surface area contributed by atoms with E-state index in [0.29, 0.717) is 12.3 Å².